The summed E-state index contributed by atoms with van der Waals surface area (Å²) in [5.74, 6) is -0.639. The normalized spacial score (nSPS) is 15.8. The first-order valence-corrected chi connectivity index (χ1v) is 9.78. The van der Waals surface area contributed by atoms with Crippen molar-refractivity contribution in [2.45, 2.75) is 19.4 Å². The Balaban J connectivity index is 1.51. The third-order valence-electron chi connectivity index (χ3n) is 5.22. The van der Waals surface area contributed by atoms with E-state index in [1.807, 2.05) is 24.0 Å². The van der Waals surface area contributed by atoms with Crippen molar-refractivity contribution in [3.63, 3.8) is 0 Å². The minimum Gasteiger partial charge on any atom is -0.470 e. The SMILES string of the molecule is Cc1ccc(C(=O)c2ccc(N3CC[C@H](Oc4ncccc4F)C3)c(C=O)c2)cc1. The van der Waals surface area contributed by atoms with E-state index >= 15 is 0 Å². The van der Waals surface area contributed by atoms with E-state index in [1.165, 1.54) is 18.3 Å². The molecule has 1 saturated heterocycles. The number of carbonyl (C=O) groups is 2. The molecule has 0 spiro atoms. The van der Waals surface area contributed by atoms with Crippen molar-refractivity contribution in [1.82, 2.24) is 4.98 Å². The van der Waals surface area contributed by atoms with E-state index < -0.39 is 5.82 Å². The highest BCUT2D eigenvalue weighted by atomic mass is 19.1. The molecule has 0 radical (unpaired) electrons. The van der Waals surface area contributed by atoms with E-state index in [0.717, 1.165) is 17.5 Å². The molecule has 0 aliphatic carbocycles. The maximum absolute atomic E-state index is 13.8. The zero-order valence-electron chi connectivity index (χ0n) is 16.5. The lowest BCUT2D eigenvalue weighted by atomic mass is 9.99. The maximum Gasteiger partial charge on any atom is 0.250 e. The Morgan fingerprint density at radius 1 is 1.17 bits per heavy atom. The van der Waals surface area contributed by atoms with E-state index in [0.29, 0.717) is 36.2 Å². The molecule has 2 aromatic carbocycles. The van der Waals surface area contributed by atoms with Gasteiger partial charge in [0.25, 0.3) is 5.88 Å². The van der Waals surface area contributed by atoms with Crippen LogP contribution in [0.25, 0.3) is 0 Å². The predicted octanol–water partition coefficient (Wildman–Crippen LogP) is 4.23. The number of aryl methyl sites for hydroxylation is 1. The Bertz CT molecular complexity index is 1080. The van der Waals surface area contributed by atoms with E-state index in [1.54, 1.807) is 30.3 Å². The van der Waals surface area contributed by atoms with Crippen LogP contribution in [-0.4, -0.2) is 36.2 Å². The minimum atomic E-state index is -0.497. The molecule has 6 heteroatoms. The van der Waals surface area contributed by atoms with Crippen LogP contribution in [0.2, 0.25) is 0 Å². The quantitative estimate of drug-likeness (QED) is 0.455. The molecule has 5 nitrogen and oxygen atoms in total. The average Bonchev–Trinajstić information content (AvgIpc) is 3.23. The van der Waals surface area contributed by atoms with Crippen molar-refractivity contribution in [2.24, 2.45) is 0 Å². The average molecular weight is 404 g/mol. The summed E-state index contributed by atoms with van der Waals surface area (Å²) in [5.41, 5.74) is 3.30. The molecule has 0 amide bonds. The van der Waals surface area contributed by atoms with Gasteiger partial charge in [-0.05, 0) is 37.3 Å². The zero-order valence-corrected chi connectivity index (χ0v) is 16.5. The van der Waals surface area contributed by atoms with Gasteiger partial charge in [-0.2, -0.15) is 0 Å². The molecule has 3 aromatic rings. The Labute approximate surface area is 174 Å². The molecular formula is C24H21FN2O3. The molecule has 0 unspecified atom stereocenters. The van der Waals surface area contributed by atoms with Crippen molar-refractivity contribution in [2.75, 3.05) is 18.0 Å². The minimum absolute atomic E-state index is 0.0148. The predicted molar refractivity (Wildman–Crippen MR) is 112 cm³/mol. The number of ether oxygens (including phenoxy) is 1. The number of aldehydes is 1. The van der Waals surface area contributed by atoms with E-state index in [-0.39, 0.29) is 17.8 Å². The molecule has 0 bridgehead atoms. The summed E-state index contributed by atoms with van der Waals surface area (Å²) in [7, 11) is 0. The number of rotatable bonds is 6. The molecular weight excluding hydrogens is 383 g/mol. The summed E-state index contributed by atoms with van der Waals surface area (Å²) in [5, 5.41) is 0. The van der Waals surface area contributed by atoms with Gasteiger partial charge in [0.2, 0.25) is 0 Å². The molecule has 30 heavy (non-hydrogen) atoms. The lowest BCUT2D eigenvalue weighted by Gasteiger charge is -2.21. The van der Waals surface area contributed by atoms with Crippen LogP contribution in [0.4, 0.5) is 10.1 Å². The number of halogens is 1. The number of hydrogen-bond acceptors (Lipinski definition) is 5. The first-order chi connectivity index (χ1) is 14.5. The van der Waals surface area contributed by atoms with Crippen molar-refractivity contribution in [3.8, 4) is 5.88 Å². The summed E-state index contributed by atoms with van der Waals surface area (Å²) < 4.78 is 19.5. The zero-order chi connectivity index (χ0) is 21.1. The molecule has 1 atom stereocenters. The Morgan fingerprint density at radius 2 is 1.93 bits per heavy atom. The van der Waals surface area contributed by atoms with Crippen molar-refractivity contribution in [3.05, 3.63) is 88.9 Å². The van der Waals surface area contributed by atoms with Crippen LogP contribution < -0.4 is 9.64 Å². The standard InChI is InChI=1S/C24H21FN2O3/c1-16-4-6-17(7-5-16)23(29)18-8-9-22(19(13-18)15-28)27-12-10-20(14-27)30-24-21(25)3-2-11-26-24/h2-9,11,13,15,20H,10,12,14H2,1H3/t20-/m0/s1. The van der Waals surface area contributed by atoms with E-state index in [9.17, 15) is 14.0 Å². The van der Waals surface area contributed by atoms with E-state index in [2.05, 4.69) is 4.98 Å². The van der Waals surface area contributed by atoms with Crippen LogP contribution in [-0.2, 0) is 0 Å². The second-order valence-corrected chi connectivity index (χ2v) is 7.35. The number of anilines is 1. The Morgan fingerprint density at radius 3 is 2.67 bits per heavy atom. The number of ketones is 1. The van der Waals surface area contributed by atoms with E-state index in [4.69, 9.17) is 4.74 Å². The lowest BCUT2D eigenvalue weighted by Crippen LogP contribution is -2.26. The van der Waals surface area contributed by atoms with Gasteiger partial charge in [-0.1, -0.05) is 29.8 Å². The third kappa shape index (κ3) is 4.08. The van der Waals surface area contributed by atoms with Crippen LogP contribution in [0.5, 0.6) is 5.88 Å². The summed E-state index contributed by atoms with van der Waals surface area (Å²) >= 11 is 0. The highest BCUT2D eigenvalue weighted by molar-refractivity contribution is 6.10. The fourth-order valence-corrected chi connectivity index (χ4v) is 3.61. The smallest absolute Gasteiger partial charge is 0.250 e. The van der Waals surface area contributed by atoms with Gasteiger partial charge in [-0.3, -0.25) is 9.59 Å². The molecule has 1 aliphatic rings. The Hall–Kier alpha value is -3.54. The van der Waals surface area contributed by atoms with Gasteiger partial charge in [-0.25, -0.2) is 9.37 Å². The molecule has 4 rings (SSSR count). The molecule has 1 aliphatic heterocycles. The van der Waals surface area contributed by atoms with Gasteiger partial charge >= 0.3 is 0 Å². The molecule has 2 heterocycles. The van der Waals surface area contributed by atoms with Gasteiger partial charge in [0.05, 0.1) is 6.54 Å². The lowest BCUT2D eigenvalue weighted by molar-refractivity contribution is 0.103. The number of nitrogens with zero attached hydrogens (tertiary/aromatic N) is 2. The number of aromatic nitrogens is 1. The number of carbonyl (C=O) groups excluding carboxylic acids is 2. The maximum atomic E-state index is 13.8. The van der Waals surface area contributed by atoms with Crippen LogP contribution in [0.1, 0.15) is 38.3 Å². The highest BCUT2D eigenvalue weighted by Crippen LogP contribution is 2.27. The fourth-order valence-electron chi connectivity index (χ4n) is 3.61. The first-order valence-electron chi connectivity index (χ1n) is 9.78. The molecule has 0 N–H and O–H groups in total. The van der Waals surface area contributed by atoms with Gasteiger partial charge in [0.15, 0.2) is 17.9 Å². The summed E-state index contributed by atoms with van der Waals surface area (Å²) in [6, 6.07) is 15.3. The fraction of sp³-hybridized carbons (Fsp3) is 0.208. The summed E-state index contributed by atoms with van der Waals surface area (Å²) in [4.78, 5) is 30.4. The topological polar surface area (TPSA) is 59.5 Å². The van der Waals surface area contributed by atoms with Crippen molar-refractivity contribution in [1.29, 1.82) is 0 Å². The molecule has 1 aromatic heterocycles. The number of benzene rings is 2. The monoisotopic (exact) mass is 404 g/mol. The molecule has 152 valence electrons. The third-order valence-corrected chi connectivity index (χ3v) is 5.22. The number of pyridine rings is 1. The van der Waals surface area contributed by atoms with Crippen molar-refractivity contribution < 1.29 is 18.7 Å². The van der Waals surface area contributed by atoms with Crippen LogP contribution in [0.15, 0.2) is 60.8 Å². The van der Waals surface area contributed by atoms with Gasteiger partial charge < -0.3 is 9.64 Å². The number of hydrogen-bond donors (Lipinski definition) is 0. The largest absolute Gasteiger partial charge is 0.470 e. The van der Waals surface area contributed by atoms with Crippen LogP contribution in [0, 0.1) is 12.7 Å². The van der Waals surface area contributed by atoms with Gasteiger partial charge in [-0.15, -0.1) is 0 Å². The van der Waals surface area contributed by atoms with Crippen molar-refractivity contribution >= 4 is 17.8 Å². The van der Waals surface area contributed by atoms with Crippen LogP contribution >= 0.6 is 0 Å². The van der Waals surface area contributed by atoms with Gasteiger partial charge in [0, 0.05) is 41.5 Å². The van der Waals surface area contributed by atoms with Crippen LogP contribution in [0.3, 0.4) is 0 Å². The molecule has 1 fully saturated rings. The second kappa shape index (κ2) is 8.45. The molecule has 0 saturated carbocycles. The Kier molecular flexibility index (Phi) is 5.57. The summed E-state index contributed by atoms with van der Waals surface area (Å²) in [6.45, 7) is 3.12. The summed E-state index contributed by atoms with van der Waals surface area (Å²) in [6.07, 6.45) is 2.69. The van der Waals surface area contributed by atoms with Gasteiger partial charge in [0.1, 0.15) is 6.10 Å². The second-order valence-electron chi connectivity index (χ2n) is 7.35. The highest BCUT2D eigenvalue weighted by Gasteiger charge is 2.27. The first kappa shape index (κ1) is 19.8.